The fourth-order valence-corrected chi connectivity index (χ4v) is 3.04. The van der Waals surface area contributed by atoms with Crippen LogP contribution in [0.3, 0.4) is 0 Å². The minimum Gasteiger partial charge on any atom is -0.575 e. The van der Waals surface area contributed by atoms with Crippen LogP contribution >= 0.6 is 8.17 Å². The number of carbonyl (C=O) groups is 3. The number of rotatable bonds is 9. The van der Waals surface area contributed by atoms with Gasteiger partial charge in [-0.05, 0) is 26.0 Å². The summed E-state index contributed by atoms with van der Waals surface area (Å²) in [4.78, 5) is 51.9. The van der Waals surface area contributed by atoms with Crippen LogP contribution in [0.1, 0.15) is 28.5 Å². The van der Waals surface area contributed by atoms with E-state index in [2.05, 4.69) is 9.73 Å². The molecule has 2 aromatic rings. The fraction of sp³-hybridized carbons (Fsp3) is 0.300. The number of pyridine rings is 1. The van der Waals surface area contributed by atoms with Crippen molar-refractivity contribution in [1.82, 2.24) is 9.88 Å². The molecule has 0 spiro atoms. The number of hydrogen-bond donors (Lipinski definition) is 1. The number of aldehydes is 1. The molecule has 1 heterocycles. The summed E-state index contributed by atoms with van der Waals surface area (Å²) in [7, 11) is 0.346. The van der Waals surface area contributed by atoms with E-state index in [0.717, 1.165) is 0 Å². The van der Waals surface area contributed by atoms with Crippen LogP contribution in [0.4, 0.5) is 4.79 Å². The van der Waals surface area contributed by atoms with E-state index in [1.54, 1.807) is 19.1 Å². The number of aromatic nitrogens is 1. The van der Waals surface area contributed by atoms with Crippen molar-refractivity contribution in [3.63, 3.8) is 0 Å². The van der Waals surface area contributed by atoms with Crippen LogP contribution in [0.15, 0.2) is 35.2 Å². The SMILES string of the molecule is Cc1ncc(COc2ccccc2O[P+]([O-])=NC(C)C(=O)O)c(C=O)c1OC(=O)N(C)C. The molecule has 0 fully saturated rings. The molecule has 2 atom stereocenters. The molecular formula is C20H22N3O8P. The molecular weight excluding hydrogens is 441 g/mol. The molecule has 170 valence electrons. The standard InChI is InChI=1S/C20H22N3O8P/c1-12-18(30-20(27)23(3)4)15(10-24)14(9-21-12)11-29-16-7-5-6-8-17(16)31-32(28)22-13(2)19(25)26/h5-10,13H,11H2,1-4H3,(H,25,26). The predicted octanol–water partition coefficient (Wildman–Crippen LogP) is 2.55. The molecule has 0 saturated heterocycles. The van der Waals surface area contributed by atoms with Crippen LogP contribution < -0.4 is 18.9 Å². The van der Waals surface area contributed by atoms with Crippen molar-refractivity contribution >= 4 is 26.5 Å². The zero-order valence-electron chi connectivity index (χ0n) is 17.8. The summed E-state index contributed by atoms with van der Waals surface area (Å²) in [5, 5.41) is 8.87. The van der Waals surface area contributed by atoms with Crippen LogP contribution in [0.25, 0.3) is 0 Å². The van der Waals surface area contributed by atoms with Crippen molar-refractivity contribution < 1.29 is 38.4 Å². The smallest absolute Gasteiger partial charge is 0.414 e. The highest BCUT2D eigenvalue weighted by atomic mass is 31.1. The van der Waals surface area contributed by atoms with Gasteiger partial charge in [0.1, 0.15) is 6.61 Å². The molecule has 0 bridgehead atoms. The van der Waals surface area contributed by atoms with Gasteiger partial charge in [-0.1, -0.05) is 16.9 Å². The molecule has 1 N–H and O–H groups in total. The number of benzene rings is 1. The highest BCUT2D eigenvalue weighted by Crippen LogP contribution is 2.34. The molecule has 32 heavy (non-hydrogen) atoms. The number of carboxylic acid groups (broad SMARTS) is 1. The van der Waals surface area contributed by atoms with Gasteiger partial charge in [0, 0.05) is 25.9 Å². The van der Waals surface area contributed by atoms with Gasteiger partial charge in [0.05, 0.1) is 11.3 Å². The van der Waals surface area contributed by atoms with E-state index >= 15 is 0 Å². The van der Waals surface area contributed by atoms with Crippen molar-refractivity contribution in [3.8, 4) is 17.2 Å². The third-order valence-electron chi connectivity index (χ3n) is 4.04. The van der Waals surface area contributed by atoms with E-state index in [-0.39, 0.29) is 29.4 Å². The number of aryl methyl sites for hydroxylation is 1. The van der Waals surface area contributed by atoms with Gasteiger partial charge in [-0.2, -0.15) is 0 Å². The summed E-state index contributed by atoms with van der Waals surface area (Å²) < 4.78 is 19.7. The molecule has 0 radical (unpaired) electrons. The van der Waals surface area contributed by atoms with Gasteiger partial charge in [-0.25, -0.2) is 9.59 Å². The van der Waals surface area contributed by atoms with Gasteiger partial charge in [-0.15, -0.1) is 0 Å². The van der Waals surface area contributed by atoms with Crippen molar-refractivity contribution in [2.24, 2.45) is 4.74 Å². The lowest BCUT2D eigenvalue weighted by Gasteiger charge is -2.16. The lowest BCUT2D eigenvalue weighted by molar-refractivity contribution is -0.169. The molecule has 0 aliphatic heterocycles. The number of carboxylic acids is 1. The first-order valence-electron chi connectivity index (χ1n) is 9.27. The molecule has 2 unspecified atom stereocenters. The van der Waals surface area contributed by atoms with Crippen molar-refractivity contribution in [1.29, 1.82) is 0 Å². The molecule has 11 nitrogen and oxygen atoms in total. The Balaban J connectivity index is 2.25. The van der Waals surface area contributed by atoms with Gasteiger partial charge in [0.15, 0.2) is 23.8 Å². The Hall–Kier alpha value is -3.56. The first kappa shape index (κ1) is 24.7. The van der Waals surface area contributed by atoms with Gasteiger partial charge in [0.2, 0.25) is 5.75 Å². The minimum atomic E-state index is -2.66. The van der Waals surface area contributed by atoms with Gasteiger partial charge >= 0.3 is 20.2 Å². The Bertz CT molecular complexity index is 1040. The van der Waals surface area contributed by atoms with E-state index in [1.165, 1.54) is 44.2 Å². The molecule has 2 rings (SSSR count). The molecule has 1 amide bonds. The summed E-state index contributed by atoms with van der Waals surface area (Å²) in [6, 6.07) is 5.05. The summed E-state index contributed by atoms with van der Waals surface area (Å²) >= 11 is 0. The van der Waals surface area contributed by atoms with E-state index in [9.17, 15) is 19.3 Å². The van der Waals surface area contributed by atoms with Crippen LogP contribution in [0.5, 0.6) is 17.2 Å². The maximum absolute atomic E-state index is 12.0. The number of amides is 1. The first-order valence-corrected chi connectivity index (χ1v) is 10.4. The third kappa shape index (κ3) is 6.47. The summed E-state index contributed by atoms with van der Waals surface area (Å²) in [6.45, 7) is 2.72. The average Bonchev–Trinajstić information content (AvgIpc) is 2.74. The second kappa shape index (κ2) is 11.2. The Labute approximate surface area is 185 Å². The minimum absolute atomic E-state index is 0.0221. The highest BCUT2D eigenvalue weighted by molar-refractivity contribution is 7.34. The topological polar surface area (TPSA) is 151 Å². The fourth-order valence-electron chi connectivity index (χ4n) is 2.29. The van der Waals surface area contributed by atoms with Crippen LogP contribution in [-0.4, -0.2) is 53.5 Å². The largest absolute Gasteiger partial charge is 0.575 e. The molecule has 12 heteroatoms. The highest BCUT2D eigenvalue weighted by Gasteiger charge is 2.20. The van der Waals surface area contributed by atoms with Gasteiger partial charge in [-0.3, -0.25) is 14.3 Å². The quantitative estimate of drug-likeness (QED) is 0.437. The first-order chi connectivity index (χ1) is 15.1. The number of nitrogens with zero attached hydrogens (tertiary/aromatic N) is 3. The monoisotopic (exact) mass is 463 g/mol. The van der Waals surface area contributed by atoms with E-state index in [1.807, 2.05) is 0 Å². The normalized spacial score (nSPS) is 12.0. The van der Waals surface area contributed by atoms with Crippen LogP contribution in [0, 0.1) is 6.92 Å². The predicted molar refractivity (Wildman–Crippen MR) is 112 cm³/mol. The van der Waals surface area contributed by atoms with Crippen LogP contribution in [0.2, 0.25) is 0 Å². The Morgan fingerprint density at radius 1 is 1.31 bits per heavy atom. The van der Waals surface area contributed by atoms with Crippen molar-refractivity contribution in [2.45, 2.75) is 26.5 Å². The maximum atomic E-state index is 12.0. The Morgan fingerprint density at radius 2 is 1.97 bits per heavy atom. The number of para-hydroxylation sites is 2. The van der Waals surface area contributed by atoms with Crippen LogP contribution in [-0.2, 0) is 11.4 Å². The van der Waals surface area contributed by atoms with E-state index < -0.39 is 26.3 Å². The molecule has 1 aromatic carbocycles. The molecule has 1 aromatic heterocycles. The third-order valence-corrected chi connectivity index (χ3v) is 4.93. The summed E-state index contributed by atoms with van der Waals surface area (Å²) in [6.07, 6.45) is 1.29. The lowest BCUT2D eigenvalue weighted by Crippen LogP contribution is -2.26. The average molecular weight is 463 g/mol. The number of hydrogen-bond acceptors (Lipinski definition) is 9. The van der Waals surface area contributed by atoms with Crippen molar-refractivity contribution in [3.05, 3.63) is 47.3 Å². The second-order valence-electron chi connectivity index (χ2n) is 6.69. The van der Waals surface area contributed by atoms with E-state index in [4.69, 9.17) is 19.1 Å². The zero-order valence-corrected chi connectivity index (χ0v) is 18.7. The van der Waals surface area contributed by atoms with E-state index in [0.29, 0.717) is 17.5 Å². The number of carbonyl (C=O) groups excluding carboxylic acids is 2. The van der Waals surface area contributed by atoms with Gasteiger partial charge in [0.25, 0.3) is 0 Å². The van der Waals surface area contributed by atoms with Crippen molar-refractivity contribution in [2.75, 3.05) is 14.1 Å². The number of aliphatic carboxylic acids is 1. The lowest BCUT2D eigenvalue weighted by atomic mass is 10.1. The molecule has 0 aliphatic carbocycles. The maximum Gasteiger partial charge on any atom is 0.414 e. The summed E-state index contributed by atoms with van der Waals surface area (Å²) in [5.41, 5.74) is 0.791. The molecule has 0 aliphatic rings. The zero-order chi connectivity index (χ0) is 23.8. The Kier molecular flexibility index (Phi) is 8.62. The second-order valence-corrected chi connectivity index (χ2v) is 7.58. The summed E-state index contributed by atoms with van der Waals surface area (Å²) in [5.74, 6) is -0.963. The number of ether oxygens (including phenoxy) is 2. The van der Waals surface area contributed by atoms with Gasteiger partial charge < -0.3 is 24.4 Å². The Morgan fingerprint density at radius 3 is 2.56 bits per heavy atom. The molecule has 0 saturated carbocycles.